The maximum Gasteiger partial charge on any atom is 0.408 e. The van der Waals surface area contributed by atoms with Crippen LogP contribution >= 0.6 is 0 Å². The SMILES string of the molecule is CC(C)(C)OC(=O)N[C@H](C(=O)N1CCN(C(=O)c2cc3cc(F)c(F)cc3n2CCOCCOCCOCCO)CC1)C1CCCCC1. The number of nitrogens with one attached hydrogen (secondary N) is 1. The van der Waals surface area contributed by atoms with Gasteiger partial charge in [-0.1, -0.05) is 19.3 Å². The van der Waals surface area contributed by atoms with E-state index in [1.54, 1.807) is 41.2 Å². The number of fused-ring (bicyclic) bond motifs is 1. The molecule has 1 aromatic carbocycles. The number of aliphatic hydroxyl groups is 1. The Kier molecular flexibility index (Phi) is 14.0. The minimum absolute atomic E-state index is 0.00888. The van der Waals surface area contributed by atoms with Crippen LogP contribution in [-0.2, 0) is 30.3 Å². The van der Waals surface area contributed by atoms with Crippen LogP contribution in [0.1, 0.15) is 63.4 Å². The van der Waals surface area contributed by atoms with Gasteiger partial charge in [0, 0.05) is 44.2 Å². The lowest BCUT2D eigenvalue weighted by molar-refractivity contribution is -0.136. The number of aliphatic hydroxyl groups excluding tert-OH is 1. The van der Waals surface area contributed by atoms with Crippen molar-refractivity contribution in [3.8, 4) is 0 Å². The zero-order valence-electron chi connectivity index (χ0n) is 28.3. The van der Waals surface area contributed by atoms with Crippen molar-refractivity contribution < 1.29 is 47.2 Å². The fourth-order valence-electron chi connectivity index (χ4n) is 6.21. The quantitative estimate of drug-likeness (QED) is 0.272. The molecule has 0 bridgehead atoms. The minimum atomic E-state index is -1.02. The van der Waals surface area contributed by atoms with Gasteiger partial charge in [0.25, 0.3) is 5.91 Å². The van der Waals surface area contributed by atoms with Gasteiger partial charge in [-0.3, -0.25) is 9.59 Å². The third-order valence-corrected chi connectivity index (χ3v) is 8.54. The van der Waals surface area contributed by atoms with E-state index in [1.807, 2.05) is 0 Å². The predicted octanol–water partition coefficient (Wildman–Crippen LogP) is 3.72. The number of benzene rings is 1. The van der Waals surface area contributed by atoms with Crippen molar-refractivity contribution in [3.05, 3.63) is 35.5 Å². The van der Waals surface area contributed by atoms with Gasteiger partial charge in [-0.25, -0.2) is 13.6 Å². The molecule has 268 valence electrons. The van der Waals surface area contributed by atoms with Crippen LogP contribution in [0.3, 0.4) is 0 Å². The average Bonchev–Trinajstić information content (AvgIpc) is 3.40. The summed E-state index contributed by atoms with van der Waals surface area (Å²) in [6.45, 7) is 8.32. The first-order valence-corrected chi connectivity index (χ1v) is 16.9. The lowest BCUT2D eigenvalue weighted by atomic mass is 9.83. The predicted molar refractivity (Wildman–Crippen MR) is 174 cm³/mol. The van der Waals surface area contributed by atoms with E-state index in [4.69, 9.17) is 24.1 Å². The Bertz CT molecular complexity index is 1370. The largest absolute Gasteiger partial charge is 0.444 e. The van der Waals surface area contributed by atoms with Crippen LogP contribution in [-0.4, -0.2) is 121 Å². The summed E-state index contributed by atoms with van der Waals surface area (Å²) in [7, 11) is 0. The first-order chi connectivity index (χ1) is 23.0. The number of nitrogens with zero attached hydrogens (tertiary/aromatic N) is 3. The first-order valence-electron chi connectivity index (χ1n) is 16.9. The molecule has 14 heteroatoms. The van der Waals surface area contributed by atoms with Crippen molar-refractivity contribution in [2.75, 3.05) is 72.4 Å². The van der Waals surface area contributed by atoms with E-state index in [-0.39, 0.29) is 82.6 Å². The number of aromatic nitrogens is 1. The van der Waals surface area contributed by atoms with Gasteiger partial charge in [-0.05, 0) is 51.7 Å². The summed E-state index contributed by atoms with van der Waals surface area (Å²) < 4.78 is 51.8. The number of piperazine rings is 1. The molecule has 0 radical (unpaired) electrons. The maximum absolute atomic E-state index is 14.3. The van der Waals surface area contributed by atoms with Crippen molar-refractivity contribution in [1.29, 1.82) is 0 Å². The van der Waals surface area contributed by atoms with Crippen molar-refractivity contribution in [2.45, 2.75) is 71.1 Å². The molecule has 4 rings (SSSR count). The van der Waals surface area contributed by atoms with E-state index in [0.29, 0.717) is 30.7 Å². The Morgan fingerprint density at radius 2 is 1.44 bits per heavy atom. The summed E-state index contributed by atoms with van der Waals surface area (Å²) in [6.07, 6.45) is 4.15. The van der Waals surface area contributed by atoms with Gasteiger partial charge in [0.05, 0.1) is 51.8 Å². The third kappa shape index (κ3) is 10.6. The monoisotopic (exact) mass is 680 g/mol. The highest BCUT2D eigenvalue weighted by molar-refractivity contribution is 5.99. The molecule has 1 atom stereocenters. The van der Waals surface area contributed by atoms with Crippen molar-refractivity contribution >= 4 is 28.8 Å². The van der Waals surface area contributed by atoms with Crippen LogP contribution < -0.4 is 5.32 Å². The summed E-state index contributed by atoms with van der Waals surface area (Å²) in [5, 5.41) is 12.0. The smallest absolute Gasteiger partial charge is 0.408 e. The number of amides is 3. The van der Waals surface area contributed by atoms with Gasteiger partial charge in [-0.15, -0.1) is 0 Å². The van der Waals surface area contributed by atoms with E-state index in [1.165, 1.54) is 0 Å². The van der Waals surface area contributed by atoms with E-state index >= 15 is 0 Å². The Hall–Kier alpha value is -3.33. The molecule has 48 heavy (non-hydrogen) atoms. The Morgan fingerprint density at radius 1 is 0.854 bits per heavy atom. The average molecular weight is 681 g/mol. The number of hydrogen-bond donors (Lipinski definition) is 2. The summed E-state index contributed by atoms with van der Waals surface area (Å²) in [4.78, 5) is 43.6. The van der Waals surface area contributed by atoms with Gasteiger partial charge in [-0.2, -0.15) is 0 Å². The highest BCUT2D eigenvalue weighted by atomic mass is 19.2. The molecule has 1 aromatic heterocycles. The van der Waals surface area contributed by atoms with Crippen LogP contribution in [0.5, 0.6) is 0 Å². The minimum Gasteiger partial charge on any atom is -0.444 e. The molecule has 2 N–H and O–H groups in total. The van der Waals surface area contributed by atoms with Gasteiger partial charge in [0.1, 0.15) is 17.3 Å². The van der Waals surface area contributed by atoms with Crippen LogP contribution in [0.25, 0.3) is 10.9 Å². The summed E-state index contributed by atoms with van der Waals surface area (Å²) >= 11 is 0. The van der Waals surface area contributed by atoms with E-state index in [0.717, 1.165) is 44.2 Å². The van der Waals surface area contributed by atoms with Crippen LogP contribution in [0.4, 0.5) is 13.6 Å². The second-order valence-corrected chi connectivity index (χ2v) is 13.2. The molecular formula is C34H50F2N4O8. The second-order valence-electron chi connectivity index (χ2n) is 13.2. The number of carbonyl (C=O) groups is 3. The molecule has 0 unspecified atom stereocenters. The molecule has 3 amide bonds. The zero-order valence-corrected chi connectivity index (χ0v) is 28.3. The Balaban J connectivity index is 1.38. The third-order valence-electron chi connectivity index (χ3n) is 8.54. The molecule has 2 heterocycles. The molecule has 2 aromatic rings. The fraction of sp³-hybridized carbons (Fsp3) is 0.676. The number of ether oxygens (including phenoxy) is 4. The standard InChI is InChI=1S/C34H50F2N4O8/c1-34(2,3)48-33(44)37-30(24-7-5-4-6-8-24)32(43)39-11-9-38(10-12-39)31(42)29-22-25-21-26(35)27(36)23-28(25)40(29)13-15-45-17-19-47-20-18-46-16-14-41/h21-24,30,41H,4-20H2,1-3H3,(H,37,44)/t30-/m0/s1. The van der Waals surface area contributed by atoms with Gasteiger partial charge >= 0.3 is 6.09 Å². The molecule has 2 aliphatic rings. The van der Waals surface area contributed by atoms with Crippen LogP contribution in [0.2, 0.25) is 0 Å². The van der Waals surface area contributed by atoms with Gasteiger partial charge in [0.15, 0.2) is 11.6 Å². The molecule has 1 saturated heterocycles. The van der Waals surface area contributed by atoms with Crippen molar-refractivity contribution in [2.24, 2.45) is 5.92 Å². The van der Waals surface area contributed by atoms with Crippen LogP contribution in [0.15, 0.2) is 18.2 Å². The number of carbonyl (C=O) groups excluding carboxylic acids is 3. The highest BCUT2D eigenvalue weighted by Gasteiger charge is 2.37. The van der Waals surface area contributed by atoms with E-state index in [9.17, 15) is 23.2 Å². The van der Waals surface area contributed by atoms with Crippen LogP contribution in [0, 0.1) is 17.6 Å². The zero-order chi connectivity index (χ0) is 34.7. The normalized spacial score (nSPS) is 16.7. The van der Waals surface area contributed by atoms with E-state index < -0.39 is 29.4 Å². The fourth-order valence-corrected chi connectivity index (χ4v) is 6.21. The number of rotatable bonds is 15. The first kappa shape index (κ1) is 37.5. The van der Waals surface area contributed by atoms with E-state index in [2.05, 4.69) is 5.32 Å². The lowest BCUT2D eigenvalue weighted by Crippen LogP contribution is -2.58. The van der Waals surface area contributed by atoms with Gasteiger partial charge in [0.2, 0.25) is 5.91 Å². The number of halogens is 2. The summed E-state index contributed by atoms with van der Waals surface area (Å²) in [6, 6.07) is 3.00. The Labute approximate surface area is 280 Å². The summed E-state index contributed by atoms with van der Waals surface area (Å²) in [5.41, 5.74) is -0.0638. The topological polar surface area (TPSA) is 132 Å². The highest BCUT2D eigenvalue weighted by Crippen LogP contribution is 2.29. The molecular weight excluding hydrogens is 630 g/mol. The van der Waals surface area contributed by atoms with Crippen molar-refractivity contribution in [1.82, 2.24) is 19.7 Å². The molecule has 12 nitrogen and oxygen atoms in total. The van der Waals surface area contributed by atoms with Gasteiger partial charge < -0.3 is 43.7 Å². The lowest BCUT2D eigenvalue weighted by Gasteiger charge is -2.39. The molecule has 0 spiro atoms. The second kappa shape index (κ2) is 17.9. The van der Waals surface area contributed by atoms with Crippen molar-refractivity contribution in [3.63, 3.8) is 0 Å². The number of hydrogen-bond acceptors (Lipinski definition) is 8. The summed E-state index contributed by atoms with van der Waals surface area (Å²) in [5.74, 6) is -2.51. The molecule has 2 fully saturated rings. The maximum atomic E-state index is 14.3. The number of alkyl carbamates (subject to hydrolysis) is 1. The molecule has 1 aliphatic carbocycles. The Morgan fingerprint density at radius 3 is 2.06 bits per heavy atom. The molecule has 1 saturated carbocycles. The molecule has 1 aliphatic heterocycles.